The minimum Gasteiger partial charge on any atom is -0.344 e. The molecule has 0 spiro atoms. The van der Waals surface area contributed by atoms with Gasteiger partial charge in [-0.25, -0.2) is 0 Å². The summed E-state index contributed by atoms with van der Waals surface area (Å²) in [6, 6.07) is 7.86. The zero-order chi connectivity index (χ0) is 16.2. The highest BCUT2D eigenvalue weighted by Crippen LogP contribution is 2.26. The topological polar surface area (TPSA) is 90.4 Å². The molecule has 0 bridgehead atoms. The molecule has 4 N–H and O–H groups in total. The van der Waals surface area contributed by atoms with E-state index >= 15 is 0 Å². The Bertz CT molecular complexity index is 588. The Hall–Kier alpha value is -0.950. The van der Waals surface area contributed by atoms with Crippen LogP contribution in [0.15, 0.2) is 24.3 Å². The van der Waals surface area contributed by atoms with Crippen LogP contribution in [0.3, 0.4) is 0 Å². The fraction of sp³-hybridized carbons (Fsp3) is 0.647. The van der Waals surface area contributed by atoms with Gasteiger partial charge in [0.2, 0.25) is 0 Å². The van der Waals surface area contributed by atoms with Crippen LogP contribution in [0.4, 0.5) is 0 Å². The van der Waals surface area contributed by atoms with Gasteiger partial charge in [-0.05, 0) is 29.4 Å². The van der Waals surface area contributed by atoms with Gasteiger partial charge in [-0.15, -0.1) is 0 Å². The van der Waals surface area contributed by atoms with Crippen LogP contribution in [-0.4, -0.2) is 14.5 Å². The van der Waals surface area contributed by atoms with Crippen molar-refractivity contribution in [2.24, 2.45) is 0 Å². The largest absolute Gasteiger partial charge is 0.344 e. The third kappa shape index (κ3) is 6.22. The molecule has 1 aliphatic rings. The summed E-state index contributed by atoms with van der Waals surface area (Å²) < 4.78 is 32.1. The lowest BCUT2D eigenvalue weighted by atomic mass is 9.84. The maximum absolute atomic E-state index is 12.1. The lowest BCUT2D eigenvalue weighted by Gasteiger charge is -2.24. The van der Waals surface area contributed by atoms with E-state index < -0.39 is 10.3 Å². The summed E-state index contributed by atoms with van der Waals surface area (Å²) in [5.74, 6) is 0. The number of nitrogens with one attached hydrogen (secondary N) is 1. The van der Waals surface area contributed by atoms with E-state index in [0.717, 1.165) is 36.8 Å². The van der Waals surface area contributed by atoms with E-state index in [0.29, 0.717) is 0 Å². The molecule has 2 rings (SSSR count). The van der Waals surface area contributed by atoms with E-state index in [9.17, 15) is 8.42 Å². The highest BCUT2D eigenvalue weighted by molar-refractivity contribution is 7.84. The normalized spacial score (nSPS) is 16.8. The molecule has 0 radical (unpaired) electrons. The molecular weight excluding hydrogens is 312 g/mol. The van der Waals surface area contributed by atoms with Crippen molar-refractivity contribution < 1.29 is 12.6 Å². The highest BCUT2D eigenvalue weighted by atomic mass is 32.2. The zero-order valence-corrected chi connectivity index (χ0v) is 15.3. The Labute approximate surface area is 140 Å². The monoisotopic (exact) mass is 342 g/mol. The van der Waals surface area contributed by atoms with Crippen LogP contribution in [0.1, 0.15) is 64.0 Å². The summed E-state index contributed by atoms with van der Waals surface area (Å²) in [6.07, 6.45) is 5.17. The first-order chi connectivity index (χ1) is 10.3. The predicted octanol–water partition coefficient (Wildman–Crippen LogP) is 3.83. The summed E-state index contributed by atoms with van der Waals surface area (Å²) in [5, 5.41) is 0. The first kappa shape index (κ1) is 20.1. The van der Waals surface area contributed by atoms with Gasteiger partial charge in [-0.3, -0.25) is 4.18 Å². The fourth-order valence-electron chi connectivity index (χ4n) is 2.98. The molecule has 1 saturated carbocycles. The minimum absolute atomic E-state index is 0. The Morgan fingerprint density at radius 2 is 1.74 bits per heavy atom. The molecule has 1 aromatic carbocycles. The Balaban J connectivity index is 0.00000264. The summed E-state index contributed by atoms with van der Waals surface area (Å²) in [5.41, 5.74) is 1.99. The number of hydrogen-bond acceptors (Lipinski definition) is 4. The van der Waals surface area contributed by atoms with Crippen molar-refractivity contribution in [2.75, 3.05) is 0 Å². The van der Waals surface area contributed by atoms with E-state index in [2.05, 4.69) is 25.5 Å². The molecule has 6 heteroatoms. The minimum atomic E-state index is -3.69. The van der Waals surface area contributed by atoms with E-state index in [1.165, 1.54) is 6.42 Å². The first-order valence-corrected chi connectivity index (χ1v) is 9.44. The zero-order valence-electron chi connectivity index (χ0n) is 14.5. The molecule has 1 aliphatic carbocycles. The van der Waals surface area contributed by atoms with Crippen molar-refractivity contribution in [2.45, 2.75) is 70.9 Å². The van der Waals surface area contributed by atoms with Crippen molar-refractivity contribution in [3.8, 4) is 0 Å². The lowest BCUT2D eigenvalue weighted by molar-refractivity contribution is 0.287. The van der Waals surface area contributed by atoms with Gasteiger partial charge in [-0.1, -0.05) is 64.3 Å². The molecule has 0 aromatic heterocycles. The van der Waals surface area contributed by atoms with Crippen LogP contribution in [0.5, 0.6) is 0 Å². The van der Waals surface area contributed by atoms with Crippen molar-refractivity contribution >= 4 is 10.3 Å². The van der Waals surface area contributed by atoms with Crippen LogP contribution in [0.2, 0.25) is 0 Å². The first-order valence-electron chi connectivity index (χ1n) is 8.03. The Kier molecular flexibility index (Phi) is 7.20. The van der Waals surface area contributed by atoms with Crippen LogP contribution in [-0.2, 0) is 26.5 Å². The van der Waals surface area contributed by atoms with Gasteiger partial charge >= 0.3 is 10.3 Å². The number of hydrogen-bond donors (Lipinski definition) is 2. The molecule has 1 fully saturated rings. The molecule has 0 unspecified atom stereocenters. The Morgan fingerprint density at radius 1 is 1.13 bits per heavy atom. The molecular formula is C17H30N2O3S. The summed E-state index contributed by atoms with van der Waals surface area (Å²) in [7, 11) is -3.69. The molecule has 1 aromatic rings. The number of benzene rings is 1. The predicted molar refractivity (Wildman–Crippen MR) is 93.9 cm³/mol. The van der Waals surface area contributed by atoms with E-state index in [1.54, 1.807) is 0 Å². The molecule has 23 heavy (non-hydrogen) atoms. The summed E-state index contributed by atoms with van der Waals surface area (Å²) in [6.45, 7) is 6.41. The van der Waals surface area contributed by atoms with Gasteiger partial charge < -0.3 is 6.15 Å². The number of rotatable bonds is 5. The molecule has 5 nitrogen and oxygen atoms in total. The SMILES string of the molecule is CC(C)(C)c1ccccc1COS(=O)(=O)NC1CCCCC1.N. The lowest BCUT2D eigenvalue weighted by Crippen LogP contribution is -2.37. The quantitative estimate of drug-likeness (QED) is 0.851. The van der Waals surface area contributed by atoms with Gasteiger partial charge in [0.15, 0.2) is 0 Å². The van der Waals surface area contributed by atoms with Crippen LogP contribution in [0, 0.1) is 0 Å². The second-order valence-corrected chi connectivity index (χ2v) is 8.46. The maximum atomic E-state index is 12.1. The molecule has 0 aliphatic heterocycles. The van der Waals surface area contributed by atoms with E-state index in [1.807, 2.05) is 24.3 Å². The Morgan fingerprint density at radius 3 is 2.35 bits per heavy atom. The van der Waals surface area contributed by atoms with Gasteiger partial charge in [0.25, 0.3) is 0 Å². The second kappa shape index (κ2) is 8.24. The fourth-order valence-corrected chi connectivity index (χ4v) is 3.97. The highest BCUT2D eigenvalue weighted by Gasteiger charge is 2.22. The average molecular weight is 343 g/mol. The van der Waals surface area contributed by atoms with Gasteiger partial charge in [-0.2, -0.15) is 13.1 Å². The van der Waals surface area contributed by atoms with Gasteiger partial charge in [0, 0.05) is 6.04 Å². The molecule has 0 heterocycles. The van der Waals surface area contributed by atoms with Gasteiger partial charge in [0.1, 0.15) is 0 Å². The van der Waals surface area contributed by atoms with Crippen molar-refractivity contribution in [1.29, 1.82) is 0 Å². The van der Waals surface area contributed by atoms with Crippen LogP contribution >= 0.6 is 0 Å². The molecule has 132 valence electrons. The second-order valence-electron chi connectivity index (χ2n) is 7.08. The third-order valence-electron chi connectivity index (χ3n) is 4.11. The summed E-state index contributed by atoms with van der Waals surface area (Å²) >= 11 is 0. The van der Waals surface area contributed by atoms with Gasteiger partial charge in [0.05, 0.1) is 6.61 Å². The smallest absolute Gasteiger partial charge is 0.336 e. The van der Waals surface area contributed by atoms with Crippen molar-refractivity contribution in [3.05, 3.63) is 35.4 Å². The van der Waals surface area contributed by atoms with Crippen molar-refractivity contribution in [3.63, 3.8) is 0 Å². The van der Waals surface area contributed by atoms with Crippen LogP contribution < -0.4 is 10.9 Å². The molecule has 0 atom stereocenters. The third-order valence-corrected chi connectivity index (χ3v) is 5.16. The maximum Gasteiger partial charge on any atom is 0.336 e. The van der Waals surface area contributed by atoms with E-state index in [4.69, 9.17) is 4.18 Å². The van der Waals surface area contributed by atoms with Crippen LogP contribution in [0.25, 0.3) is 0 Å². The standard InChI is InChI=1S/C17H27NO3S.H3N/c1-17(2,3)16-12-8-7-9-14(16)13-21-22(19,20)18-15-10-5-4-6-11-15;/h7-9,12,15,18H,4-6,10-11,13H2,1-3H3;1H3. The molecule has 0 amide bonds. The van der Waals surface area contributed by atoms with E-state index in [-0.39, 0.29) is 24.2 Å². The summed E-state index contributed by atoms with van der Waals surface area (Å²) in [4.78, 5) is 0. The molecule has 0 saturated heterocycles. The van der Waals surface area contributed by atoms with Crippen molar-refractivity contribution in [1.82, 2.24) is 10.9 Å². The average Bonchev–Trinajstić information content (AvgIpc) is 2.45.